The van der Waals surface area contributed by atoms with E-state index in [0.717, 1.165) is 21.3 Å². The second kappa shape index (κ2) is 3.94. The van der Waals surface area contributed by atoms with Crippen molar-refractivity contribution in [3.05, 3.63) is 28.9 Å². The number of nitrogens with zero attached hydrogens (tertiary/aromatic N) is 1. The molecule has 0 bridgehead atoms. The molecular weight excluding hydrogens is 260 g/mol. The van der Waals surface area contributed by atoms with Crippen molar-refractivity contribution in [1.82, 2.24) is 5.16 Å². The number of ether oxygens (including phenoxy) is 1. The molecule has 1 heterocycles. The number of nitrogen functional groups attached to an aromatic ring is 1. The molecule has 0 aliphatic heterocycles. The lowest BCUT2D eigenvalue weighted by Gasteiger charge is -2.06. The van der Waals surface area contributed by atoms with Gasteiger partial charge < -0.3 is 15.0 Å². The molecule has 0 saturated carbocycles. The Balaban J connectivity index is 2.58. The maximum absolute atomic E-state index is 5.64. The summed E-state index contributed by atoms with van der Waals surface area (Å²) in [6, 6.07) is 5.66. The number of halogens is 1. The van der Waals surface area contributed by atoms with Gasteiger partial charge in [0.1, 0.15) is 5.75 Å². The van der Waals surface area contributed by atoms with E-state index in [0.29, 0.717) is 0 Å². The van der Waals surface area contributed by atoms with Crippen LogP contribution in [0.15, 0.2) is 33.4 Å². The van der Waals surface area contributed by atoms with Crippen molar-refractivity contribution >= 4 is 21.8 Å². The standard InChI is InChI=1S/C10H9BrN2O2/c1-14-9-4-6(11)2-3-7(9)8-5-13-15-10(8)12/h2-5H,12H2,1H3. The van der Waals surface area contributed by atoms with E-state index in [1.165, 1.54) is 0 Å². The van der Waals surface area contributed by atoms with Crippen LogP contribution < -0.4 is 10.5 Å². The molecule has 0 fully saturated rings. The maximum Gasteiger partial charge on any atom is 0.230 e. The fourth-order valence-corrected chi connectivity index (χ4v) is 1.68. The molecule has 0 radical (unpaired) electrons. The first-order chi connectivity index (χ1) is 7.22. The van der Waals surface area contributed by atoms with Crippen molar-refractivity contribution in [3.8, 4) is 16.9 Å². The van der Waals surface area contributed by atoms with Crippen LogP contribution in [0.25, 0.3) is 11.1 Å². The molecule has 0 unspecified atom stereocenters. The summed E-state index contributed by atoms with van der Waals surface area (Å²) in [5.41, 5.74) is 7.23. The number of nitrogens with two attached hydrogens (primary N) is 1. The fraction of sp³-hybridized carbons (Fsp3) is 0.100. The van der Waals surface area contributed by atoms with Crippen molar-refractivity contribution in [2.24, 2.45) is 0 Å². The molecule has 2 aromatic rings. The summed E-state index contributed by atoms with van der Waals surface area (Å²) in [4.78, 5) is 0. The van der Waals surface area contributed by atoms with Gasteiger partial charge in [-0.25, -0.2) is 0 Å². The Morgan fingerprint density at radius 3 is 2.80 bits per heavy atom. The summed E-state index contributed by atoms with van der Waals surface area (Å²) in [6.07, 6.45) is 1.57. The summed E-state index contributed by atoms with van der Waals surface area (Å²) in [7, 11) is 1.61. The Labute approximate surface area is 95.1 Å². The van der Waals surface area contributed by atoms with Gasteiger partial charge in [0.05, 0.1) is 18.9 Å². The first-order valence-electron chi connectivity index (χ1n) is 4.26. The number of benzene rings is 1. The van der Waals surface area contributed by atoms with Crippen LogP contribution in [0.2, 0.25) is 0 Å². The van der Waals surface area contributed by atoms with Crippen molar-refractivity contribution < 1.29 is 9.26 Å². The van der Waals surface area contributed by atoms with Crippen molar-refractivity contribution in [1.29, 1.82) is 0 Å². The lowest BCUT2D eigenvalue weighted by molar-refractivity contribution is 0.416. The lowest BCUT2D eigenvalue weighted by Crippen LogP contribution is -1.90. The molecule has 0 aliphatic carbocycles. The predicted molar refractivity (Wildman–Crippen MR) is 60.6 cm³/mol. The molecule has 0 aliphatic rings. The van der Waals surface area contributed by atoms with E-state index in [2.05, 4.69) is 21.1 Å². The van der Waals surface area contributed by atoms with Crippen molar-refractivity contribution in [2.75, 3.05) is 12.8 Å². The number of hydrogen-bond acceptors (Lipinski definition) is 4. The van der Waals surface area contributed by atoms with Crippen LogP contribution in [-0.2, 0) is 0 Å². The minimum absolute atomic E-state index is 0.288. The van der Waals surface area contributed by atoms with Gasteiger partial charge >= 0.3 is 0 Å². The van der Waals surface area contributed by atoms with E-state index in [1.807, 2.05) is 18.2 Å². The summed E-state index contributed by atoms with van der Waals surface area (Å²) < 4.78 is 11.0. The van der Waals surface area contributed by atoms with Gasteiger partial charge in [-0.15, -0.1) is 0 Å². The monoisotopic (exact) mass is 268 g/mol. The first kappa shape index (κ1) is 10.0. The number of methoxy groups -OCH3 is 1. The second-order valence-corrected chi connectivity index (χ2v) is 3.86. The van der Waals surface area contributed by atoms with Gasteiger partial charge in [-0.1, -0.05) is 21.1 Å². The van der Waals surface area contributed by atoms with Crippen LogP contribution in [0, 0.1) is 0 Å². The Morgan fingerprint density at radius 1 is 1.40 bits per heavy atom. The van der Waals surface area contributed by atoms with E-state index in [9.17, 15) is 0 Å². The molecular formula is C10H9BrN2O2. The Hall–Kier alpha value is -1.49. The third-order valence-electron chi connectivity index (χ3n) is 2.05. The Bertz CT molecular complexity index is 482. The molecule has 1 aromatic carbocycles. The molecule has 0 spiro atoms. The largest absolute Gasteiger partial charge is 0.496 e. The number of hydrogen-bond donors (Lipinski definition) is 1. The van der Waals surface area contributed by atoms with Crippen LogP contribution in [-0.4, -0.2) is 12.3 Å². The van der Waals surface area contributed by atoms with Crippen LogP contribution in [0.1, 0.15) is 0 Å². The van der Waals surface area contributed by atoms with Gasteiger partial charge in [0.2, 0.25) is 5.88 Å². The molecule has 15 heavy (non-hydrogen) atoms. The SMILES string of the molecule is COc1cc(Br)ccc1-c1cnoc1N. The average molecular weight is 269 g/mol. The van der Waals surface area contributed by atoms with Gasteiger partial charge in [-0.3, -0.25) is 0 Å². The maximum atomic E-state index is 5.64. The van der Waals surface area contributed by atoms with Gasteiger partial charge in [-0.2, -0.15) is 0 Å². The highest BCUT2D eigenvalue weighted by atomic mass is 79.9. The van der Waals surface area contributed by atoms with Crippen molar-refractivity contribution in [3.63, 3.8) is 0 Å². The normalized spacial score (nSPS) is 10.3. The molecule has 0 amide bonds. The summed E-state index contributed by atoms with van der Waals surface area (Å²) >= 11 is 3.37. The van der Waals surface area contributed by atoms with Crippen LogP contribution in [0.5, 0.6) is 5.75 Å². The minimum Gasteiger partial charge on any atom is -0.496 e. The van der Waals surface area contributed by atoms with Crippen LogP contribution in [0.4, 0.5) is 5.88 Å². The third kappa shape index (κ3) is 1.83. The highest BCUT2D eigenvalue weighted by molar-refractivity contribution is 9.10. The molecule has 0 atom stereocenters. The highest BCUT2D eigenvalue weighted by Crippen LogP contribution is 2.35. The lowest BCUT2D eigenvalue weighted by atomic mass is 10.1. The summed E-state index contributed by atoms with van der Waals surface area (Å²) in [5, 5.41) is 3.63. The second-order valence-electron chi connectivity index (χ2n) is 2.95. The minimum atomic E-state index is 0.288. The van der Waals surface area contributed by atoms with E-state index in [4.69, 9.17) is 15.0 Å². The summed E-state index contributed by atoms with van der Waals surface area (Å²) in [6.45, 7) is 0. The molecule has 0 saturated heterocycles. The van der Waals surface area contributed by atoms with Crippen LogP contribution in [0.3, 0.4) is 0 Å². The Morgan fingerprint density at radius 2 is 2.20 bits per heavy atom. The summed E-state index contributed by atoms with van der Waals surface area (Å²) in [5.74, 6) is 1.01. The Kier molecular flexibility index (Phi) is 2.64. The molecule has 4 nitrogen and oxygen atoms in total. The predicted octanol–water partition coefficient (Wildman–Crippen LogP) is 2.69. The van der Waals surface area contributed by atoms with Crippen LogP contribution >= 0.6 is 15.9 Å². The van der Waals surface area contributed by atoms with E-state index in [-0.39, 0.29) is 5.88 Å². The molecule has 1 aromatic heterocycles. The number of anilines is 1. The molecule has 78 valence electrons. The molecule has 5 heteroatoms. The van der Waals surface area contributed by atoms with Gasteiger partial charge in [-0.05, 0) is 18.2 Å². The number of aromatic nitrogens is 1. The molecule has 2 rings (SSSR count). The highest BCUT2D eigenvalue weighted by Gasteiger charge is 2.12. The smallest absolute Gasteiger partial charge is 0.230 e. The van der Waals surface area contributed by atoms with E-state index in [1.54, 1.807) is 13.3 Å². The number of rotatable bonds is 2. The topological polar surface area (TPSA) is 61.3 Å². The van der Waals surface area contributed by atoms with Gasteiger partial charge in [0.15, 0.2) is 0 Å². The zero-order chi connectivity index (χ0) is 10.8. The quantitative estimate of drug-likeness (QED) is 0.910. The molecule has 2 N–H and O–H groups in total. The first-order valence-corrected chi connectivity index (χ1v) is 5.05. The zero-order valence-electron chi connectivity index (χ0n) is 8.03. The van der Waals surface area contributed by atoms with Crippen molar-refractivity contribution in [2.45, 2.75) is 0 Å². The average Bonchev–Trinajstić information content (AvgIpc) is 2.64. The fourth-order valence-electron chi connectivity index (χ4n) is 1.34. The van der Waals surface area contributed by atoms with Gasteiger partial charge in [0, 0.05) is 10.0 Å². The van der Waals surface area contributed by atoms with E-state index < -0.39 is 0 Å². The van der Waals surface area contributed by atoms with E-state index >= 15 is 0 Å². The third-order valence-corrected chi connectivity index (χ3v) is 2.55. The van der Waals surface area contributed by atoms with Gasteiger partial charge in [0.25, 0.3) is 0 Å². The zero-order valence-corrected chi connectivity index (χ0v) is 9.61.